The minimum atomic E-state index is -4.53. The summed E-state index contributed by atoms with van der Waals surface area (Å²) >= 11 is 5.31. The van der Waals surface area contributed by atoms with Crippen molar-refractivity contribution in [2.45, 2.75) is 12.7 Å². The van der Waals surface area contributed by atoms with Gasteiger partial charge < -0.3 is 5.73 Å². The Hall–Kier alpha value is -0.810. The summed E-state index contributed by atoms with van der Waals surface area (Å²) in [6, 6.07) is 2.50. The van der Waals surface area contributed by atoms with E-state index in [0.29, 0.717) is 0 Å². The Morgan fingerprint density at radius 2 is 2.00 bits per heavy atom. The predicted octanol–water partition coefficient (Wildman–Crippen LogP) is 2.21. The molecule has 0 atom stereocenters. The van der Waals surface area contributed by atoms with Crippen molar-refractivity contribution in [3.8, 4) is 0 Å². The summed E-state index contributed by atoms with van der Waals surface area (Å²) in [6.45, 7) is -0.0414. The molecule has 0 amide bonds. The molecule has 6 heteroatoms. The van der Waals surface area contributed by atoms with Crippen LogP contribution >= 0.6 is 11.6 Å². The summed E-state index contributed by atoms with van der Waals surface area (Å²) in [5.74, 6) is 0. The van der Waals surface area contributed by atoms with Crippen LogP contribution in [0.25, 0.3) is 0 Å². The highest BCUT2D eigenvalue weighted by atomic mass is 35.5. The summed E-state index contributed by atoms with van der Waals surface area (Å²) in [5.41, 5.74) is 4.22. The van der Waals surface area contributed by atoms with Gasteiger partial charge in [-0.25, -0.2) is 4.98 Å². The van der Waals surface area contributed by atoms with Crippen LogP contribution in [-0.2, 0) is 12.7 Å². The predicted molar refractivity (Wildman–Crippen MR) is 42.1 cm³/mol. The second-order valence-corrected chi connectivity index (χ2v) is 2.74. The second-order valence-electron chi connectivity index (χ2n) is 2.33. The third-order valence-corrected chi connectivity index (χ3v) is 1.69. The van der Waals surface area contributed by atoms with Crippen LogP contribution in [0.15, 0.2) is 12.1 Å². The number of alkyl halides is 3. The van der Waals surface area contributed by atoms with Crippen molar-refractivity contribution in [3.63, 3.8) is 0 Å². The van der Waals surface area contributed by atoms with Crippen molar-refractivity contribution in [2.75, 3.05) is 0 Å². The Bertz CT molecular complexity index is 311. The fourth-order valence-corrected chi connectivity index (χ4v) is 1.01. The first kappa shape index (κ1) is 10.3. The lowest BCUT2D eigenvalue weighted by Crippen LogP contribution is -2.11. The molecular formula is C7H6ClF3N2. The van der Waals surface area contributed by atoms with Gasteiger partial charge in [-0.1, -0.05) is 11.6 Å². The van der Waals surface area contributed by atoms with Crippen LogP contribution in [0.4, 0.5) is 13.2 Å². The van der Waals surface area contributed by atoms with E-state index in [2.05, 4.69) is 4.98 Å². The third kappa shape index (κ3) is 2.32. The molecule has 1 aromatic heterocycles. The Balaban J connectivity index is 3.19. The maximum atomic E-state index is 12.2. The molecule has 0 aliphatic rings. The number of rotatable bonds is 1. The fraction of sp³-hybridized carbons (Fsp3) is 0.286. The molecular weight excluding hydrogens is 205 g/mol. The minimum Gasteiger partial charge on any atom is -0.325 e. The van der Waals surface area contributed by atoms with E-state index >= 15 is 0 Å². The molecule has 1 aromatic rings. The first-order valence-corrected chi connectivity index (χ1v) is 3.75. The van der Waals surface area contributed by atoms with E-state index in [9.17, 15) is 13.2 Å². The molecule has 1 rings (SSSR count). The number of hydrogen-bond donors (Lipinski definition) is 1. The zero-order valence-corrected chi connectivity index (χ0v) is 7.15. The van der Waals surface area contributed by atoms with E-state index in [4.69, 9.17) is 17.3 Å². The molecule has 0 bridgehead atoms. The monoisotopic (exact) mass is 210 g/mol. The fourth-order valence-electron chi connectivity index (χ4n) is 0.795. The highest BCUT2D eigenvalue weighted by Crippen LogP contribution is 2.32. The van der Waals surface area contributed by atoms with Crippen molar-refractivity contribution in [3.05, 3.63) is 28.5 Å². The summed E-state index contributed by atoms with van der Waals surface area (Å²) in [4.78, 5) is 3.28. The molecule has 0 aromatic carbocycles. The molecule has 72 valence electrons. The van der Waals surface area contributed by atoms with E-state index in [1.54, 1.807) is 0 Å². The van der Waals surface area contributed by atoms with Gasteiger partial charge in [-0.3, -0.25) is 0 Å². The normalized spacial score (nSPS) is 11.8. The lowest BCUT2D eigenvalue weighted by molar-refractivity contribution is -0.141. The van der Waals surface area contributed by atoms with E-state index in [1.165, 1.54) is 6.07 Å². The van der Waals surface area contributed by atoms with Crippen LogP contribution in [0, 0.1) is 0 Å². The van der Waals surface area contributed by atoms with Crippen LogP contribution in [0.1, 0.15) is 11.4 Å². The van der Waals surface area contributed by atoms with E-state index in [-0.39, 0.29) is 12.2 Å². The molecule has 2 N–H and O–H groups in total. The molecule has 2 nitrogen and oxygen atoms in total. The Kier molecular flexibility index (Phi) is 2.77. The molecule has 0 spiro atoms. The number of hydrogen-bond acceptors (Lipinski definition) is 2. The van der Waals surface area contributed by atoms with Gasteiger partial charge in [-0.2, -0.15) is 13.2 Å². The zero-order chi connectivity index (χ0) is 10.1. The van der Waals surface area contributed by atoms with Crippen LogP contribution in [0.5, 0.6) is 0 Å². The van der Waals surface area contributed by atoms with Crippen LogP contribution in [0.3, 0.4) is 0 Å². The Morgan fingerprint density at radius 3 is 2.46 bits per heavy atom. The van der Waals surface area contributed by atoms with Gasteiger partial charge in [0.1, 0.15) is 0 Å². The number of pyridine rings is 1. The van der Waals surface area contributed by atoms with Gasteiger partial charge in [0.25, 0.3) is 0 Å². The van der Waals surface area contributed by atoms with Crippen molar-refractivity contribution in [2.24, 2.45) is 5.73 Å². The zero-order valence-electron chi connectivity index (χ0n) is 6.40. The van der Waals surface area contributed by atoms with Crippen molar-refractivity contribution >= 4 is 11.6 Å². The number of halogens is 4. The highest BCUT2D eigenvalue weighted by molar-refractivity contribution is 6.31. The molecule has 0 fully saturated rings. The number of nitrogens with zero attached hydrogens (tertiary/aromatic N) is 1. The molecule has 1 heterocycles. The van der Waals surface area contributed by atoms with Gasteiger partial charge in [-0.15, -0.1) is 0 Å². The van der Waals surface area contributed by atoms with E-state index < -0.39 is 16.9 Å². The summed E-state index contributed by atoms with van der Waals surface area (Å²) < 4.78 is 36.5. The van der Waals surface area contributed by atoms with Crippen LogP contribution in [0.2, 0.25) is 5.02 Å². The lowest BCUT2D eigenvalue weighted by atomic mass is 10.3. The average Bonchev–Trinajstić information content (AvgIpc) is 2.03. The Labute approximate surface area is 77.5 Å². The number of aromatic nitrogens is 1. The third-order valence-electron chi connectivity index (χ3n) is 1.38. The van der Waals surface area contributed by atoms with Gasteiger partial charge in [0, 0.05) is 6.54 Å². The first-order valence-electron chi connectivity index (χ1n) is 3.38. The van der Waals surface area contributed by atoms with Gasteiger partial charge >= 0.3 is 6.18 Å². The lowest BCUT2D eigenvalue weighted by Gasteiger charge is -2.08. The largest absolute Gasteiger partial charge is 0.434 e. The topological polar surface area (TPSA) is 38.9 Å². The SMILES string of the molecule is NCc1ccc(Cl)c(C(F)(F)F)n1. The number of nitrogens with two attached hydrogens (primary N) is 1. The maximum Gasteiger partial charge on any atom is 0.434 e. The van der Waals surface area contributed by atoms with E-state index in [0.717, 1.165) is 6.07 Å². The average molecular weight is 211 g/mol. The smallest absolute Gasteiger partial charge is 0.325 e. The summed E-state index contributed by atoms with van der Waals surface area (Å²) in [5, 5.41) is -0.412. The van der Waals surface area contributed by atoms with Crippen molar-refractivity contribution in [1.29, 1.82) is 0 Å². The quantitative estimate of drug-likeness (QED) is 0.772. The van der Waals surface area contributed by atoms with Gasteiger partial charge in [0.2, 0.25) is 0 Å². The minimum absolute atomic E-state index is 0.0414. The summed E-state index contributed by atoms with van der Waals surface area (Å²) in [7, 11) is 0. The molecule has 0 radical (unpaired) electrons. The first-order chi connectivity index (χ1) is 5.95. The molecule has 0 aliphatic heterocycles. The molecule has 0 unspecified atom stereocenters. The molecule has 0 saturated heterocycles. The van der Waals surface area contributed by atoms with E-state index in [1.807, 2.05) is 0 Å². The molecule has 0 saturated carbocycles. The van der Waals surface area contributed by atoms with Crippen LogP contribution in [-0.4, -0.2) is 4.98 Å². The van der Waals surface area contributed by atoms with Crippen molar-refractivity contribution < 1.29 is 13.2 Å². The van der Waals surface area contributed by atoms with Crippen LogP contribution < -0.4 is 5.73 Å². The Morgan fingerprint density at radius 1 is 1.38 bits per heavy atom. The van der Waals surface area contributed by atoms with Crippen molar-refractivity contribution in [1.82, 2.24) is 4.98 Å². The second kappa shape index (κ2) is 3.51. The maximum absolute atomic E-state index is 12.2. The standard InChI is InChI=1S/C7H6ClF3N2/c8-5-2-1-4(3-12)13-6(5)7(9,10)11/h1-2H,3,12H2. The van der Waals surface area contributed by atoms with Gasteiger partial charge in [0.05, 0.1) is 10.7 Å². The molecule has 0 aliphatic carbocycles. The summed E-state index contributed by atoms with van der Waals surface area (Å²) in [6.07, 6.45) is -4.53. The molecule has 13 heavy (non-hydrogen) atoms. The van der Waals surface area contributed by atoms with Gasteiger partial charge in [0.15, 0.2) is 5.69 Å². The highest BCUT2D eigenvalue weighted by Gasteiger charge is 2.35. The van der Waals surface area contributed by atoms with Gasteiger partial charge in [-0.05, 0) is 12.1 Å².